The first-order chi connectivity index (χ1) is 10.0. The molecular weight excluding hydrogens is 406 g/mol. The summed E-state index contributed by atoms with van der Waals surface area (Å²) in [6.45, 7) is 1.33. The number of halogens is 4. The molecule has 0 saturated heterocycles. The smallest absolute Gasteiger partial charge is 0.356 e. The van der Waals surface area contributed by atoms with Gasteiger partial charge < -0.3 is 10.6 Å². The second kappa shape index (κ2) is 12.0. The topological polar surface area (TPSA) is 36.4 Å². The van der Waals surface area contributed by atoms with Gasteiger partial charge in [-0.3, -0.25) is 4.99 Å². The Morgan fingerprint density at radius 1 is 1.18 bits per heavy atom. The van der Waals surface area contributed by atoms with Crippen molar-refractivity contribution in [3.8, 4) is 0 Å². The number of aliphatic imine (C=N–C) groups is 1. The number of nitrogens with one attached hydrogen (secondary N) is 2. The van der Waals surface area contributed by atoms with Gasteiger partial charge in [0.1, 0.15) is 0 Å². The normalized spacial score (nSPS) is 15.8. The molecule has 0 heterocycles. The van der Waals surface area contributed by atoms with Crippen LogP contribution in [0.2, 0.25) is 0 Å². The minimum absolute atomic E-state index is 0. The third-order valence-electron chi connectivity index (χ3n) is 3.53. The van der Waals surface area contributed by atoms with Crippen molar-refractivity contribution in [3.63, 3.8) is 0 Å². The molecule has 0 amide bonds. The standard InChI is InChI=1S/C15H26F3N3.HI/c1-19-14(20-11-6-5-10-15(16,17)18)21-12-9-13-7-3-2-4-8-13;/h7H,2-6,8-12H2,1H3,(H2,19,20,21);1H. The average molecular weight is 433 g/mol. The molecule has 130 valence electrons. The lowest BCUT2D eigenvalue weighted by Crippen LogP contribution is -2.38. The van der Waals surface area contributed by atoms with Crippen molar-refractivity contribution in [2.24, 2.45) is 4.99 Å². The summed E-state index contributed by atoms with van der Waals surface area (Å²) in [7, 11) is 1.67. The first-order valence-electron chi connectivity index (χ1n) is 7.70. The van der Waals surface area contributed by atoms with E-state index >= 15 is 0 Å². The Balaban J connectivity index is 0.00000441. The summed E-state index contributed by atoms with van der Waals surface area (Å²) in [5.74, 6) is 0.665. The number of unbranched alkanes of at least 4 members (excludes halogenated alkanes) is 1. The van der Waals surface area contributed by atoms with Crippen LogP contribution in [0.5, 0.6) is 0 Å². The third-order valence-corrected chi connectivity index (χ3v) is 3.53. The number of rotatable bonds is 7. The summed E-state index contributed by atoms with van der Waals surface area (Å²) in [5, 5.41) is 6.25. The van der Waals surface area contributed by atoms with E-state index in [-0.39, 0.29) is 30.4 Å². The number of guanidine groups is 1. The van der Waals surface area contributed by atoms with Gasteiger partial charge in [0.2, 0.25) is 0 Å². The summed E-state index contributed by atoms with van der Waals surface area (Å²) in [4.78, 5) is 4.07. The van der Waals surface area contributed by atoms with Crippen molar-refractivity contribution in [2.45, 2.75) is 57.5 Å². The monoisotopic (exact) mass is 433 g/mol. The number of allylic oxidation sites excluding steroid dienone is 1. The van der Waals surface area contributed by atoms with E-state index in [1.54, 1.807) is 7.05 Å². The molecule has 0 atom stereocenters. The highest BCUT2D eigenvalue weighted by molar-refractivity contribution is 14.0. The molecule has 7 heteroatoms. The van der Waals surface area contributed by atoms with Crippen molar-refractivity contribution in [2.75, 3.05) is 20.1 Å². The van der Waals surface area contributed by atoms with Gasteiger partial charge in [0, 0.05) is 26.6 Å². The van der Waals surface area contributed by atoms with Crippen molar-refractivity contribution >= 4 is 29.9 Å². The molecule has 1 aliphatic carbocycles. The Morgan fingerprint density at radius 2 is 1.91 bits per heavy atom. The summed E-state index contributed by atoms with van der Waals surface area (Å²) in [6, 6.07) is 0. The lowest BCUT2D eigenvalue weighted by Gasteiger charge is -2.15. The van der Waals surface area contributed by atoms with Gasteiger partial charge in [0.15, 0.2) is 5.96 Å². The maximum atomic E-state index is 12.0. The maximum absolute atomic E-state index is 12.0. The summed E-state index contributed by atoms with van der Waals surface area (Å²) in [5.41, 5.74) is 1.49. The van der Waals surface area contributed by atoms with Crippen LogP contribution >= 0.6 is 24.0 Å². The van der Waals surface area contributed by atoms with Gasteiger partial charge in [-0.05, 0) is 44.9 Å². The molecule has 0 unspecified atom stereocenters. The van der Waals surface area contributed by atoms with E-state index in [2.05, 4.69) is 21.7 Å². The van der Waals surface area contributed by atoms with Gasteiger partial charge in [0.25, 0.3) is 0 Å². The Morgan fingerprint density at radius 3 is 2.50 bits per heavy atom. The molecule has 2 N–H and O–H groups in total. The van der Waals surface area contributed by atoms with Crippen molar-refractivity contribution < 1.29 is 13.2 Å². The molecule has 0 aromatic rings. The first-order valence-corrected chi connectivity index (χ1v) is 7.70. The minimum Gasteiger partial charge on any atom is -0.356 e. The van der Waals surface area contributed by atoms with Gasteiger partial charge in [-0.15, -0.1) is 24.0 Å². The predicted molar refractivity (Wildman–Crippen MR) is 95.9 cm³/mol. The molecule has 0 spiro atoms. The van der Waals surface area contributed by atoms with Crippen LogP contribution in [0.4, 0.5) is 13.2 Å². The Kier molecular flexibility index (Phi) is 11.8. The Labute approximate surface area is 148 Å². The molecule has 0 bridgehead atoms. The first kappa shape index (κ1) is 21.5. The summed E-state index contributed by atoms with van der Waals surface area (Å²) < 4.78 is 36.0. The fourth-order valence-corrected chi connectivity index (χ4v) is 2.35. The highest BCUT2D eigenvalue weighted by atomic mass is 127. The highest BCUT2D eigenvalue weighted by Gasteiger charge is 2.25. The third kappa shape index (κ3) is 11.1. The predicted octanol–water partition coefficient (Wildman–Crippen LogP) is 4.39. The van der Waals surface area contributed by atoms with Gasteiger partial charge in [-0.25, -0.2) is 0 Å². The molecule has 3 nitrogen and oxygen atoms in total. The molecular formula is C15H27F3IN3. The Bertz CT molecular complexity index is 354. The molecule has 1 rings (SSSR count). The zero-order valence-electron chi connectivity index (χ0n) is 13.1. The second-order valence-corrected chi connectivity index (χ2v) is 5.36. The molecule has 0 aromatic carbocycles. The van der Waals surface area contributed by atoms with E-state index in [9.17, 15) is 13.2 Å². The van der Waals surface area contributed by atoms with Crippen LogP contribution < -0.4 is 10.6 Å². The van der Waals surface area contributed by atoms with E-state index in [0.29, 0.717) is 18.9 Å². The van der Waals surface area contributed by atoms with E-state index in [0.717, 1.165) is 13.0 Å². The quantitative estimate of drug-likeness (QED) is 0.205. The molecule has 0 aromatic heterocycles. The second-order valence-electron chi connectivity index (χ2n) is 5.36. The molecule has 0 aliphatic heterocycles. The van der Waals surface area contributed by atoms with Crippen LogP contribution in [0.25, 0.3) is 0 Å². The zero-order chi connectivity index (χ0) is 15.6. The molecule has 0 saturated carbocycles. The zero-order valence-corrected chi connectivity index (χ0v) is 15.5. The lowest BCUT2D eigenvalue weighted by molar-refractivity contribution is -0.135. The van der Waals surface area contributed by atoms with Gasteiger partial charge in [0.05, 0.1) is 0 Å². The van der Waals surface area contributed by atoms with Gasteiger partial charge in [-0.1, -0.05) is 11.6 Å². The van der Waals surface area contributed by atoms with Gasteiger partial charge >= 0.3 is 6.18 Å². The van der Waals surface area contributed by atoms with Crippen molar-refractivity contribution in [1.29, 1.82) is 0 Å². The van der Waals surface area contributed by atoms with Crippen molar-refractivity contribution in [1.82, 2.24) is 10.6 Å². The number of hydrogen-bond donors (Lipinski definition) is 2. The molecule has 0 fully saturated rings. The fraction of sp³-hybridized carbons (Fsp3) is 0.800. The van der Waals surface area contributed by atoms with Crippen LogP contribution in [0, 0.1) is 0 Å². The lowest BCUT2D eigenvalue weighted by atomic mass is 9.97. The number of nitrogens with zero attached hydrogens (tertiary/aromatic N) is 1. The van der Waals surface area contributed by atoms with Crippen LogP contribution in [0.3, 0.4) is 0 Å². The van der Waals surface area contributed by atoms with Crippen LogP contribution in [0.15, 0.2) is 16.6 Å². The molecule has 22 heavy (non-hydrogen) atoms. The summed E-state index contributed by atoms with van der Waals surface area (Å²) in [6.07, 6.45) is 4.14. The van der Waals surface area contributed by atoms with Gasteiger partial charge in [-0.2, -0.15) is 13.2 Å². The van der Waals surface area contributed by atoms with Crippen LogP contribution in [0.1, 0.15) is 51.4 Å². The minimum atomic E-state index is -4.05. The van der Waals surface area contributed by atoms with Crippen LogP contribution in [-0.4, -0.2) is 32.3 Å². The van der Waals surface area contributed by atoms with Crippen molar-refractivity contribution in [3.05, 3.63) is 11.6 Å². The molecule has 0 radical (unpaired) electrons. The van der Waals surface area contributed by atoms with E-state index in [1.165, 1.54) is 31.3 Å². The van der Waals surface area contributed by atoms with E-state index in [1.807, 2.05) is 0 Å². The highest BCUT2D eigenvalue weighted by Crippen LogP contribution is 2.21. The fourth-order valence-electron chi connectivity index (χ4n) is 2.35. The largest absolute Gasteiger partial charge is 0.389 e. The number of hydrogen-bond acceptors (Lipinski definition) is 1. The van der Waals surface area contributed by atoms with E-state index < -0.39 is 12.6 Å². The maximum Gasteiger partial charge on any atom is 0.389 e. The number of alkyl halides is 3. The average Bonchev–Trinajstić information content (AvgIpc) is 2.45. The molecule has 1 aliphatic rings. The SMILES string of the molecule is CN=C(NCCCCC(F)(F)F)NCCC1=CCCCC1.I. The van der Waals surface area contributed by atoms with Crippen LogP contribution in [-0.2, 0) is 0 Å². The Hall–Kier alpha value is -0.470. The van der Waals surface area contributed by atoms with E-state index in [4.69, 9.17) is 0 Å². The summed E-state index contributed by atoms with van der Waals surface area (Å²) >= 11 is 0.